The molecule has 2 N–H and O–H groups in total. The molecule has 228 valence electrons. The van der Waals surface area contributed by atoms with E-state index in [0.717, 1.165) is 70.8 Å². The van der Waals surface area contributed by atoms with Gasteiger partial charge in [0.1, 0.15) is 0 Å². The fraction of sp³-hybridized carbons (Fsp3) is 0.969. The molecule has 39 heavy (non-hydrogen) atoms. The van der Waals surface area contributed by atoms with Crippen LogP contribution in [0, 0.1) is 17.8 Å². The van der Waals surface area contributed by atoms with E-state index in [1.165, 1.54) is 32.1 Å². The van der Waals surface area contributed by atoms with Crippen molar-refractivity contribution in [2.24, 2.45) is 17.8 Å². The summed E-state index contributed by atoms with van der Waals surface area (Å²) in [7, 11) is -1.90. The molecule has 1 heterocycles. The molecule has 0 amide bonds. The summed E-state index contributed by atoms with van der Waals surface area (Å²) in [6.07, 6.45) is 17.4. The Hall–Kier alpha value is -0.473. The highest BCUT2D eigenvalue weighted by atomic mass is 28.4. The van der Waals surface area contributed by atoms with Crippen molar-refractivity contribution in [2.75, 3.05) is 6.61 Å². The zero-order valence-electron chi connectivity index (χ0n) is 25.8. The summed E-state index contributed by atoms with van der Waals surface area (Å²) in [4.78, 5) is 10.8. The number of aliphatic carboxylic acids is 1. The van der Waals surface area contributed by atoms with Gasteiger partial charge < -0.3 is 24.1 Å². The summed E-state index contributed by atoms with van der Waals surface area (Å²) in [6.45, 7) is 12.6. The molecule has 2 unspecified atom stereocenters. The van der Waals surface area contributed by atoms with Crippen molar-refractivity contribution in [1.82, 2.24) is 0 Å². The van der Waals surface area contributed by atoms with Gasteiger partial charge in [-0.2, -0.15) is 0 Å². The Morgan fingerprint density at radius 3 is 2.28 bits per heavy atom. The monoisotopic (exact) mass is 568 g/mol. The second kappa shape index (κ2) is 15.7. The third-order valence-electron chi connectivity index (χ3n) is 10.4. The van der Waals surface area contributed by atoms with Gasteiger partial charge >= 0.3 is 5.97 Å². The van der Waals surface area contributed by atoms with Gasteiger partial charge in [0.25, 0.3) is 0 Å². The number of carboxylic acid groups (broad SMARTS) is 1. The van der Waals surface area contributed by atoms with Gasteiger partial charge in [-0.3, -0.25) is 4.79 Å². The zero-order chi connectivity index (χ0) is 28.5. The van der Waals surface area contributed by atoms with Crippen LogP contribution in [0.4, 0.5) is 0 Å². The van der Waals surface area contributed by atoms with Crippen molar-refractivity contribution in [3.8, 4) is 0 Å². The average Bonchev–Trinajstić information content (AvgIpc) is 3.17. The Bertz CT molecular complexity index is 710. The van der Waals surface area contributed by atoms with Crippen LogP contribution in [0.1, 0.15) is 130 Å². The van der Waals surface area contributed by atoms with E-state index in [2.05, 4.69) is 33.9 Å². The Morgan fingerprint density at radius 2 is 1.64 bits per heavy atom. The molecule has 1 aliphatic heterocycles. The van der Waals surface area contributed by atoms with E-state index in [1.54, 1.807) is 0 Å². The normalized spacial score (nSPS) is 29.9. The van der Waals surface area contributed by atoms with Crippen LogP contribution in [-0.2, 0) is 18.7 Å². The number of carbonyl (C=O) groups is 1. The lowest BCUT2D eigenvalue weighted by Gasteiger charge is -2.43. The van der Waals surface area contributed by atoms with Gasteiger partial charge in [0.2, 0.25) is 0 Å². The lowest BCUT2D eigenvalue weighted by atomic mass is 9.80. The molecule has 0 aromatic rings. The van der Waals surface area contributed by atoms with Crippen LogP contribution in [0.3, 0.4) is 0 Å². The second-order valence-corrected chi connectivity index (χ2v) is 19.1. The minimum absolute atomic E-state index is 0.0417. The number of aliphatic hydroxyl groups is 1. The van der Waals surface area contributed by atoms with Crippen molar-refractivity contribution < 1.29 is 28.9 Å². The molecule has 0 spiro atoms. The van der Waals surface area contributed by atoms with Gasteiger partial charge in [0.15, 0.2) is 14.6 Å². The number of aliphatic hydroxyl groups excluding tert-OH is 1. The Morgan fingerprint density at radius 1 is 0.949 bits per heavy atom. The fourth-order valence-electron chi connectivity index (χ4n) is 6.94. The van der Waals surface area contributed by atoms with Crippen LogP contribution in [0.25, 0.3) is 0 Å². The highest BCUT2D eigenvalue weighted by Crippen LogP contribution is 2.45. The molecule has 0 bridgehead atoms. The molecule has 7 heteroatoms. The highest BCUT2D eigenvalue weighted by molar-refractivity contribution is 6.74. The van der Waals surface area contributed by atoms with Crippen LogP contribution in [0.15, 0.2) is 0 Å². The first-order valence-corrected chi connectivity index (χ1v) is 19.2. The van der Waals surface area contributed by atoms with Crippen molar-refractivity contribution in [3.05, 3.63) is 0 Å². The van der Waals surface area contributed by atoms with E-state index in [9.17, 15) is 9.90 Å². The van der Waals surface area contributed by atoms with E-state index >= 15 is 0 Å². The molecule has 3 rings (SSSR count). The van der Waals surface area contributed by atoms with Gasteiger partial charge in [-0.1, -0.05) is 59.3 Å². The predicted molar refractivity (Wildman–Crippen MR) is 159 cm³/mol. The standard InChI is InChI=1S/C32H60O6Si/c1-32(2,3)39(4,5)38-28(24-15-9-8-10-16-24)21-20-26-25(17-11-6-7-12-18-30(34)35)27(33)23-29(26)37-31-19-13-14-22-36-31/h24-29,31,33H,6-23H2,1-5H3,(H,34,35)/t25-,26-,27+,28+,29?,31?/m1/s1. The van der Waals surface area contributed by atoms with Gasteiger partial charge in [-0.05, 0) is 93.7 Å². The van der Waals surface area contributed by atoms with Gasteiger partial charge in [-0.15, -0.1) is 0 Å². The van der Waals surface area contributed by atoms with E-state index < -0.39 is 14.3 Å². The first-order valence-electron chi connectivity index (χ1n) is 16.3. The lowest BCUT2D eigenvalue weighted by molar-refractivity contribution is -0.196. The topological polar surface area (TPSA) is 85.2 Å². The summed E-state index contributed by atoms with van der Waals surface area (Å²) < 4.78 is 19.7. The third-order valence-corrected chi connectivity index (χ3v) is 14.9. The highest BCUT2D eigenvalue weighted by Gasteiger charge is 2.45. The smallest absolute Gasteiger partial charge is 0.303 e. The maximum atomic E-state index is 11.2. The Kier molecular flexibility index (Phi) is 13.3. The molecule has 2 aliphatic carbocycles. The molecule has 1 saturated heterocycles. The third kappa shape index (κ3) is 10.4. The van der Waals surface area contributed by atoms with Crippen molar-refractivity contribution in [1.29, 1.82) is 0 Å². The minimum atomic E-state index is -1.90. The van der Waals surface area contributed by atoms with Crippen LogP contribution in [0.5, 0.6) is 0 Å². The SMILES string of the molecule is CC(C)(C)[Si](C)(C)O[C@@H](CC[C@H]1C(OC2CCCCO2)C[C@H](O)[C@@H]1CCCCCCC(=O)O)C1CCCCC1. The lowest BCUT2D eigenvalue weighted by Crippen LogP contribution is -2.46. The van der Waals surface area contributed by atoms with E-state index in [1.807, 2.05) is 0 Å². The number of hydrogen-bond acceptors (Lipinski definition) is 5. The summed E-state index contributed by atoms with van der Waals surface area (Å²) in [6, 6.07) is 0. The number of ether oxygens (including phenoxy) is 2. The predicted octanol–water partition coefficient (Wildman–Crippen LogP) is 8.07. The maximum Gasteiger partial charge on any atom is 0.303 e. The average molecular weight is 569 g/mol. The summed E-state index contributed by atoms with van der Waals surface area (Å²) in [5.74, 6) is 0.489. The van der Waals surface area contributed by atoms with E-state index in [0.29, 0.717) is 24.4 Å². The van der Waals surface area contributed by atoms with Crippen molar-refractivity contribution in [3.63, 3.8) is 0 Å². The Balaban J connectivity index is 1.68. The van der Waals surface area contributed by atoms with Crippen LogP contribution >= 0.6 is 0 Å². The van der Waals surface area contributed by atoms with Crippen LogP contribution in [0.2, 0.25) is 18.1 Å². The molecular formula is C32H60O6Si. The number of carboxylic acids is 1. The number of rotatable bonds is 15. The summed E-state index contributed by atoms with van der Waals surface area (Å²) >= 11 is 0. The second-order valence-electron chi connectivity index (χ2n) is 14.3. The molecular weight excluding hydrogens is 508 g/mol. The van der Waals surface area contributed by atoms with Gasteiger partial charge in [0.05, 0.1) is 12.2 Å². The van der Waals surface area contributed by atoms with Gasteiger partial charge in [-0.25, -0.2) is 0 Å². The van der Waals surface area contributed by atoms with Crippen LogP contribution < -0.4 is 0 Å². The van der Waals surface area contributed by atoms with Gasteiger partial charge in [0, 0.05) is 25.6 Å². The van der Waals surface area contributed by atoms with Crippen molar-refractivity contribution in [2.45, 2.75) is 173 Å². The summed E-state index contributed by atoms with van der Waals surface area (Å²) in [5, 5.41) is 20.3. The number of hydrogen-bond donors (Lipinski definition) is 2. The molecule has 3 fully saturated rings. The van der Waals surface area contributed by atoms with E-state index in [4.69, 9.17) is 19.0 Å². The quantitative estimate of drug-likeness (QED) is 0.153. The summed E-state index contributed by atoms with van der Waals surface area (Å²) in [5.41, 5.74) is 0. The Labute approximate surface area is 240 Å². The van der Waals surface area contributed by atoms with Crippen molar-refractivity contribution >= 4 is 14.3 Å². The molecule has 3 aliphatic rings. The van der Waals surface area contributed by atoms with Crippen LogP contribution in [-0.4, -0.2) is 55.7 Å². The minimum Gasteiger partial charge on any atom is -0.481 e. The molecule has 0 aromatic carbocycles. The molecule has 0 radical (unpaired) electrons. The maximum absolute atomic E-state index is 11.2. The molecule has 6 nitrogen and oxygen atoms in total. The first-order chi connectivity index (χ1) is 18.5. The first kappa shape index (κ1) is 33.0. The van der Waals surface area contributed by atoms with E-state index in [-0.39, 0.29) is 35.9 Å². The fourth-order valence-corrected chi connectivity index (χ4v) is 8.36. The molecule has 0 aromatic heterocycles. The molecule has 6 atom stereocenters. The largest absolute Gasteiger partial charge is 0.481 e. The number of unbranched alkanes of at least 4 members (excludes halogenated alkanes) is 3. The molecule has 2 saturated carbocycles. The zero-order valence-corrected chi connectivity index (χ0v) is 26.8.